The van der Waals surface area contributed by atoms with Gasteiger partial charge in [0, 0.05) is 19.1 Å². The molecule has 19 nitrogen and oxygen atoms in total. The van der Waals surface area contributed by atoms with Crippen LogP contribution in [0.4, 0.5) is 0 Å². The smallest absolute Gasteiger partial charge is 0.402 e. The molecule has 0 spiro atoms. The second kappa shape index (κ2) is 15.6. The number of ether oxygens (including phenoxy) is 6. The lowest BCUT2D eigenvalue weighted by atomic mass is 9.99. The van der Waals surface area contributed by atoms with E-state index in [9.17, 15) is 55.2 Å². The van der Waals surface area contributed by atoms with Crippen LogP contribution in [0, 0.1) is 0 Å². The molecule has 276 valence electrons. The summed E-state index contributed by atoms with van der Waals surface area (Å²) >= 11 is 0. The molecule has 3 heterocycles. The summed E-state index contributed by atoms with van der Waals surface area (Å²) in [6.07, 6.45) is -18.3. The molecule has 2 aliphatic heterocycles. The molecule has 2 saturated heterocycles. The third kappa shape index (κ3) is 8.55. The number of carboxylic acids is 1. The molecule has 0 bridgehead atoms. The van der Waals surface area contributed by atoms with Gasteiger partial charge in [-0.2, -0.15) is 0 Å². The van der Waals surface area contributed by atoms with Crippen molar-refractivity contribution in [2.24, 2.45) is 0 Å². The van der Waals surface area contributed by atoms with E-state index < -0.39 is 105 Å². The van der Waals surface area contributed by atoms with Crippen molar-refractivity contribution in [3.63, 3.8) is 0 Å². The maximum absolute atomic E-state index is 11.8. The van der Waals surface area contributed by atoms with Crippen LogP contribution in [-0.2, 0) is 33.3 Å². The number of aliphatic hydroxyl groups excluding tert-OH is 6. The van der Waals surface area contributed by atoms with Crippen molar-refractivity contribution in [2.45, 2.75) is 74.8 Å². The second-order valence-corrected chi connectivity index (χ2v) is 11.7. The zero-order valence-electron chi connectivity index (χ0n) is 26.5. The zero-order valence-corrected chi connectivity index (χ0v) is 26.5. The lowest BCUT2D eigenvalue weighted by molar-refractivity contribution is -0.278. The number of fused-ring (bicyclic) bond motifs is 1. The van der Waals surface area contributed by atoms with E-state index in [1.54, 1.807) is 0 Å². The Kier molecular flexibility index (Phi) is 11.4. The standard InChI is InChI=1S/C32H34O19/c1-12(33)45-10-20-24(39)26(41)28(43)31(50-20)48-18-7-15(35)6-17-16(18)8-19(30(47-17)13-2-4-14(34)5-3-13)49-32-29(44)27(42)25(40)21(51-32)11-46-23(38)9-22(36)37/h2-8,20-21,24-29,31-32,39-44H,9-11H2,1H3,(H2-,34,35,36,37)/p+1/t20?,21?,24-,25-,26+,27?,28?,29?,31-,32-/m1/s1. The lowest BCUT2D eigenvalue weighted by Gasteiger charge is -2.40. The minimum Gasteiger partial charge on any atom is -0.508 e. The van der Waals surface area contributed by atoms with Crippen molar-refractivity contribution in [3.8, 4) is 34.3 Å². The van der Waals surface area contributed by atoms with Crippen molar-refractivity contribution < 1.29 is 93.2 Å². The number of esters is 2. The molecule has 51 heavy (non-hydrogen) atoms. The number of phenolic OH excluding ortho intramolecular Hbond substituents is 2. The predicted molar refractivity (Wildman–Crippen MR) is 164 cm³/mol. The Labute approximate surface area is 286 Å². The van der Waals surface area contributed by atoms with Crippen LogP contribution in [0.1, 0.15) is 13.3 Å². The quantitative estimate of drug-likeness (QED) is 0.0634. The second-order valence-electron chi connectivity index (χ2n) is 11.7. The molecular formula is C32H35O19+. The van der Waals surface area contributed by atoms with Gasteiger partial charge in [-0.1, -0.05) is 0 Å². The first kappa shape index (κ1) is 37.4. The highest BCUT2D eigenvalue weighted by atomic mass is 16.7. The molecule has 19 heteroatoms. The minimum atomic E-state index is -1.92. The molecule has 0 aliphatic carbocycles. The largest absolute Gasteiger partial charge is 0.508 e. The van der Waals surface area contributed by atoms with E-state index in [0.29, 0.717) is 0 Å². The van der Waals surface area contributed by atoms with E-state index >= 15 is 0 Å². The summed E-state index contributed by atoms with van der Waals surface area (Å²) in [7, 11) is 0. The highest BCUT2D eigenvalue weighted by Gasteiger charge is 2.48. The number of carbonyl (C=O) groups is 3. The molecule has 0 saturated carbocycles. The number of phenols is 2. The van der Waals surface area contributed by atoms with Gasteiger partial charge in [0.15, 0.2) is 0 Å². The van der Waals surface area contributed by atoms with Gasteiger partial charge in [0.1, 0.15) is 91.1 Å². The summed E-state index contributed by atoms with van der Waals surface area (Å²) < 4.78 is 38.8. The van der Waals surface area contributed by atoms with E-state index in [0.717, 1.165) is 13.0 Å². The van der Waals surface area contributed by atoms with Crippen LogP contribution in [-0.4, -0.2) is 138 Å². The molecule has 3 aromatic rings. The van der Waals surface area contributed by atoms with E-state index in [4.69, 9.17) is 37.9 Å². The van der Waals surface area contributed by atoms with Gasteiger partial charge in [-0.25, -0.2) is 4.42 Å². The summed E-state index contributed by atoms with van der Waals surface area (Å²) in [5, 5.41) is 92.6. The van der Waals surface area contributed by atoms with Gasteiger partial charge in [0.25, 0.3) is 0 Å². The monoisotopic (exact) mass is 723 g/mol. The zero-order chi connectivity index (χ0) is 37.1. The van der Waals surface area contributed by atoms with Crippen molar-refractivity contribution in [3.05, 3.63) is 42.5 Å². The number of aromatic hydroxyl groups is 2. The summed E-state index contributed by atoms with van der Waals surface area (Å²) in [4.78, 5) is 33.9. The molecule has 1 aromatic heterocycles. The fourth-order valence-corrected chi connectivity index (χ4v) is 5.27. The molecule has 10 atom stereocenters. The van der Waals surface area contributed by atoms with Crippen molar-refractivity contribution >= 4 is 28.9 Å². The Bertz CT molecular complexity index is 1730. The molecular weight excluding hydrogens is 688 g/mol. The first-order valence-electron chi connectivity index (χ1n) is 15.3. The average Bonchev–Trinajstić information content (AvgIpc) is 3.07. The van der Waals surface area contributed by atoms with Crippen LogP contribution in [0.2, 0.25) is 0 Å². The molecule has 5 unspecified atom stereocenters. The number of carboxylic acid groups (broad SMARTS) is 1. The van der Waals surface area contributed by atoms with Crippen molar-refractivity contribution in [1.82, 2.24) is 0 Å². The van der Waals surface area contributed by atoms with Gasteiger partial charge in [-0.05, 0) is 24.3 Å². The van der Waals surface area contributed by atoms with E-state index in [-0.39, 0.29) is 39.5 Å². The van der Waals surface area contributed by atoms with Gasteiger partial charge in [0.05, 0.1) is 11.6 Å². The van der Waals surface area contributed by atoms with Crippen molar-refractivity contribution in [2.75, 3.05) is 13.2 Å². The predicted octanol–water partition coefficient (Wildman–Crippen LogP) is -1.25. The first-order chi connectivity index (χ1) is 24.1. The Morgan fingerprint density at radius 3 is 1.80 bits per heavy atom. The molecule has 2 aromatic carbocycles. The van der Waals surface area contributed by atoms with Crippen LogP contribution >= 0.6 is 0 Å². The van der Waals surface area contributed by atoms with Crippen LogP contribution < -0.4 is 9.47 Å². The van der Waals surface area contributed by atoms with Crippen LogP contribution in [0.25, 0.3) is 22.3 Å². The third-order valence-corrected chi connectivity index (χ3v) is 7.91. The molecule has 0 amide bonds. The fourth-order valence-electron chi connectivity index (χ4n) is 5.27. The minimum absolute atomic E-state index is 0.0170. The lowest BCUT2D eigenvalue weighted by Crippen LogP contribution is -2.60. The van der Waals surface area contributed by atoms with E-state index in [1.165, 1.54) is 36.4 Å². The topological polar surface area (TPSA) is 300 Å². The average molecular weight is 724 g/mol. The molecule has 0 radical (unpaired) electrons. The number of carbonyl (C=O) groups excluding carboxylic acids is 2. The Morgan fingerprint density at radius 1 is 0.706 bits per heavy atom. The summed E-state index contributed by atoms with van der Waals surface area (Å²) in [6.45, 7) is -0.126. The maximum atomic E-state index is 11.8. The molecule has 5 rings (SSSR count). The normalized spacial score (nSPS) is 29.2. The Balaban J connectivity index is 1.51. The first-order valence-corrected chi connectivity index (χ1v) is 15.3. The highest BCUT2D eigenvalue weighted by Crippen LogP contribution is 2.42. The van der Waals surface area contributed by atoms with Crippen LogP contribution in [0.15, 0.2) is 46.9 Å². The van der Waals surface area contributed by atoms with Crippen LogP contribution in [0.5, 0.6) is 23.0 Å². The number of aliphatic hydroxyl groups is 6. The number of rotatable bonds is 11. The molecule has 9 N–H and O–H groups in total. The van der Waals surface area contributed by atoms with Gasteiger partial charge < -0.3 is 74.4 Å². The summed E-state index contributed by atoms with van der Waals surface area (Å²) in [5.74, 6) is -4.41. The molecule has 2 fully saturated rings. The molecule has 2 aliphatic rings. The van der Waals surface area contributed by atoms with Gasteiger partial charge in [-0.3, -0.25) is 14.4 Å². The van der Waals surface area contributed by atoms with E-state index in [2.05, 4.69) is 0 Å². The Morgan fingerprint density at radius 2 is 1.25 bits per heavy atom. The van der Waals surface area contributed by atoms with Crippen molar-refractivity contribution in [1.29, 1.82) is 0 Å². The van der Waals surface area contributed by atoms with E-state index in [1.807, 2.05) is 0 Å². The van der Waals surface area contributed by atoms with Gasteiger partial charge in [0.2, 0.25) is 18.3 Å². The number of hydrogen-bond acceptors (Lipinski definition) is 17. The fraction of sp³-hybridized carbons (Fsp3) is 0.438. The van der Waals surface area contributed by atoms with Gasteiger partial charge >= 0.3 is 29.3 Å². The summed E-state index contributed by atoms with van der Waals surface area (Å²) in [6, 6.07) is 9.04. The highest BCUT2D eigenvalue weighted by molar-refractivity contribution is 5.90. The number of hydrogen-bond donors (Lipinski definition) is 9. The van der Waals surface area contributed by atoms with Crippen LogP contribution in [0.3, 0.4) is 0 Å². The Hall–Kier alpha value is -4.86. The SMILES string of the molecule is CC(=O)OCC1O[C@@H](Oc2cc(O)cc3[o+]c(-c4ccc(O)cc4)c(O[C@@H]4OC(COC(=O)CC(=O)O)[C@@H](O)C(O)C4O)cc23)C(O)[C@@H](O)[C@@H]1O. The summed E-state index contributed by atoms with van der Waals surface area (Å²) in [5.41, 5.74) is 0.212. The number of benzene rings is 2. The van der Waals surface area contributed by atoms with Gasteiger partial charge in [-0.15, -0.1) is 0 Å². The third-order valence-electron chi connectivity index (χ3n) is 7.91. The number of aliphatic carboxylic acids is 1. The maximum Gasteiger partial charge on any atom is 0.402 e.